The van der Waals surface area contributed by atoms with E-state index in [2.05, 4.69) is 113 Å². The molecule has 6 aromatic rings. The van der Waals surface area contributed by atoms with Gasteiger partial charge in [0.2, 0.25) is 0 Å². The van der Waals surface area contributed by atoms with Crippen molar-refractivity contribution in [2.24, 2.45) is 30.7 Å². The lowest BCUT2D eigenvalue weighted by atomic mass is 9.97. The first-order valence-electron chi connectivity index (χ1n) is 37.6. The Bertz CT molecular complexity index is 5130. The SMILES string of the molecule is CCN1C(=O)c2cc(Br)c(N=Nc3c(NCCCOC)nc(CCCCOC)c(C#N)c3C)c(Br)c2C1=O.CCN1C(=O)c2cc(C#N)c(N=Nc3c(NCCCOC)nc(CCCCOC)c(C#N)c3C)c(Br)c2C1=O.CCN1C(=O)c2cc(C#N)c(N=Nc3c(NCCCOC)nc(CCCCOC)c(C#N)c3C)c(C#N)c2C1=O. The molecule has 33 nitrogen and oxygen atoms in total. The lowest BCUT2D eigenvalue weighted by Crippen LogP contribution is -2.29. The van der Waals surface area contributed by atoms with Gasteiger partial charge in [0.05, 0.1) is 92.8 Å². The standard InChI is InChI=1S/C28H30N8O4.C27H30BrN7O4.C26H30Br2N6O4/c1-5-36-27(37)19-13-18(14-29)25(21(16-31)23(19)28(36)38)35-34-24-17(2)20(15-30)22(9-6-7-11-39-3)33-26(24)32-10-8-12-40-4;1-5-35-26(36)18-13-17(14-29)24(22(28)21(18)27(35)37)34-33-23-16(2)19(15-30)20(9-6-7-11-38-3)32-25(23)31-10-8-12-39-4;1-5-34-25(35)16-13-18(27)23(21(28)20(16)26(34)36)33-32-22-15(2)17(14-29)19(9-6-7-11-37-3)31-24(22)30-10-8-12-38-4/h13H,5-12H2,1-4H3,(H,32,33);13H,5-12H2,1-4H3,(H,31,32);13H,5-12H2,1-4H3,(H,30,31). The number of halogens is 3. The first kappa shape index (κ1) is 93.0. The van der Waals surface area contributed by atoms with Crippen molar-refractivity contribution >= 4 is 135 Å². The number of anilines is 3. The van der Waals surface area contributed by atoms with Crippen molar-refractivity contribution in [3.63, 3.8) is 0 Å². The summed E-state index contributed by atoms with van der Waals surface area (Å²) in [6, 6.07) is 16.9. The predicted octanol–water partition coefficient (Wildman–Crippen LogP) is 16.0. The molecule has 0 unspecified atom stereocenters. The van der Waals surface area contributed by atoms with Crippen molar-refractivity contribution in [1.82, 2.24) is 29.7 Å². The molecule has 3 aliphatic heterocycles. The van der Waals surface area contributed by atoms with E-state index in [4.69, 9.17) is 43.4 Å². The van der Waals surface area contributed by atoms with E-state index in [1.54, 1.807) is 83.3 Å². The summed E-state index contributed by atoms with van der Waals surface area (Å²) in [5.74, 6) is -1.49. The van der Waals surface area contributed by atoms with Crippen molar-refractivity contribution in [1.29, 1.82) is 31.6 Å². The molecule has 9 rings (SSSR count). The molecule has 3 N–H and O–H groups in total. The van der Waals surface area contributed by atoms with Gasteiger partial charge in [0.1, 0.15) is 70.5 Å². The fourth-order valence-corrected chi connectivity index (χ4v) is 14.9. The number of amides is 6. The Morgan fingerprint density at radius 1 is 0.359 bits per heavy atom. The molecule has 6 amide bonds. The van der Waals surface area contributed by atoms with Crippen LogP contribution < -0.4 is 16.0 Å². The number of imide groups is 3. The molecule has 6 heterocycles. The van der Waals surface area contributed by atoms with E-state index in [9.17, 15) is 60.3 Å². The summed E-state index contributed by atoms with van der Waals surface area (Å²) in [5, 5.41) is 95.4. The lowest BCUT2D eigenvalue weighted by Gasteiger charge is -2.15. The van der Waals surface area contributed by atoms with E-state index in [-0.39, 0.29) is 97.5 Å². The van der Waals surface area contributed by atoms with Crippen LogP contribution in [0, 0.1) is 88.8 Å². The van der Waals surface area contributed by atoms with Crippen LogP contribution in [0.25, 0.3) is 0 Å². The molecule has 3 aliphatic rings. The molecule has 0 saturated heterocycles. The summed E-state index contributed by atoms with van der Waals surface area (Å²) in [6.07, 6.45) is 8.83. The monoisotopic (exact) mass is 1790 g/mol. The molecular weight excluding hydrogens is 1700 g/mol. The summed E-state index contributed by atoms with van der Waals surface area (Å²) in [6.45, 7) is 16.2. The van der Waals surface area contributed by atoms with Gasteiger partial charge in [-0.2, -0.15) is 31.6 Å². The number of aryl methyl sites for hydroxylation is 3. The minimum atomic E-state index is -0.622. The molecule has 3 aromatic heterocycles. The number of fused-ring (bicyclic) bond motifs is 3. The molecule has 0 atom stereocenters. The highest BCUT2D eigenvalue weighted by atomic mass is 79.9. The Morgan fingerprint density at radius 3 is 0.966 bits per heavy atom. The molecule has 0 spiro atoms. The summed E-state index contributed by atoms with van der Waals surface area (Å²) in [4.78, 5) is 94.0. The second-order valence-corrected chi connectivity index (χ2v) is 28.7. The molecule has 117 heavy (non-hydrogen) atoms. The lowest BCUT2D eigenvalue weighted by molar-refractivity contribution is 0.0647. The van der Waals surface area contributed by atoms with Crippen molar-refractivity contribution in [3.8, 4) is 36.4 Å². The van der Waals surface area contributed by atoms with Gasteiger partial charge < -0.3 is 44.4 Å². The summed E-state index contributed by atoms with van der Waals surface area (Å²) in [7, 11) is 9.82. The highest BCUT2D eigenvalue weighted by Crippen LogP contribution is 2.46. The second kappa shape index (κ2) is 46.0. The number of azo groups is 3. The molecule has 36 heteroatoms. The third-order valence-corrected chi connectivity index (χ3v) is 21.0. The van der Waals surface area contributed by atoms with Gasteiger partial charge >= 0.3 is 0 Å². The molecule has 0 bridgehead atoms. The predicted molar refractivity (Wildman–Crippen MR) is 443 cm³/mol. The van der Waals surface area contributed by atoms with Crippen LogP contribution in [0.1, 0.15) is 208 Å². The number of aromatic nitrogens is 3. The van der Waals surface area contributed by atoms with Crippen LogP contribution in [0.15, 0.2) is 62.3 Å². The Hall–Kier alpha value is -11.1. The number of pyridine rings is 3. The van der Waals surface area contributed by atoms with Gasteiger partial charge in [0, 0.05) is 126 Å². The van der Waals surface area contributed by atoms with Crippen molar-refractivity contribution < 1.29 is 57.2 Å². The minimum absolute atomic E-state index is 0.0122. The molecule has 3 aromatic carbocycles. The highest BCUT2D eigenvalue weighted by molar-refractivity contribution is 9.11. The van der Waals surface area contributed by atoms with Crippen LogP contribution in [0.5, 0.6) is 0 Å². The third kappa shape index (κ3) is 21.8. The number of hydrogen-bond acceptors (Lipinski definition) is 30. The number of ether oxygens (including phenoxy) is 6. The van der Waals surface area contributed by atoms with Gasteiger partial charge in [0.15, 0.2) is 17.5 Å². The largest absolute Gasteiger partial charge is 0.385 e. The number of nitriles is 6. The maximum absolute atomic E-state index is 12.9. The number of carbonyl (C=O) groups excluding carboxylic acids is 6. The smallest absolute Gasteiger partial charge is 0.262 e. The average molecular weight is 1790 g/mol. The summed E-state index contributed by atoms with van der Waals surface area (Å²) >= 11 is 10.3. The number of hydrogen-bond donors (Lipinski definition) is 3. The summed E-state index contributed by atoms with van der Waals surface area (Å²) in [5.41, 5.74) is 6.88. The van der Waals surface area contributed by atoms with Gasteiger partial charge in [-0.3, -0.25) is 43.5 Å². The number of unbranched alkanes of at least 4 members (excludes halogenated alkanes) is 3. The quantitative estimate of drug-likeness (QED) is 0.0183. The Labute approximate surface area is 704 Å². The number of methoxy groups -OCH3 is 6. The second-order valence-electron chi connectivity index (χ2n) is 26.3. The zero-order valence-corrected chi connectivity index (χ0v) is 72.0. The molecule has 612 valence electrons. The van der Waals surface area contributed by atoms with Crippen LogP contribution in [0.4, 0.5) is 51.6 Å². The number of nitrogens with one attached hydrogen (secondary N) is 3. The van der Waals surface area contributed by atoms with Crippen molar-refractivity contribution in [2.75, 3.05) is 138 Å². The number of carbonyl (C=O) groups is 6. The van der Waals surface area contributed by atoms with E-state index < -0.39 is 23.6 Å². The fraction of sp³-hybridized carbons (Fsp3) is 0.444. The van der Waals surface area contributed by atoms with E-state index >= 15 is 0 Å². The van der Waals surface area contributed by atoms with Gasteiger partial charge in [-0.25, -0.2) is 15.0 Å². The molecule has 0 saturated carbocycles. The van der Waals surface area contributed by atoms with Gasteiger partial charge in [-0.05, 0) is 201 Å². The van der Waals surface area contributed by atoms with E-state index in [0.29, 0.717) is 184 Å². The first-order valence-corrected chi connectivity index (χ1v) is 40.0. The van der Waals surface area contributed by atoms with Crippen LogP contribution in [0.2, 0.25) is 0 Å². The molecule has 0 fully saturated rings. The Morgan fingerprint density at radius 2 is 0.641 bits per heavy atom. The van der Waals surface area contributed by atoms with E-state index in [1.807, 2.05) is 25.1 Å². The molecular formula is C81H90Br3N21O12. The molecule has 0 aliphatic carbocycles. The maximum atomic E-state index is 12.9. The zero-order chi connectivity index (χ0) is 85.6. The van der Waals surface area contributed by atoms with Gasteiger partial charge in [-0.1, -0.05) is 0 Å². The first-order chi connectivity index (χ1) is 56.5. The highest BCUT2D eigenvalue weighted by Gasteiger charge is 2.42. The Kier molecular flexibility index (Phi) is 36.6. The minimum Gasteiger partial charge on any atom is -0.385 e. The molecule has 0 radical (unpaired) electrons. The number of nitrogens with zero attached hydrogens (tertiary/aromatic N) is 18. The van der Waals surface area contributed by atoms with E-state index in [1.165, 1.54) is 17.0 Å². The van der Waals surface area contributed by atoms with Crippen molar-refractivity contribution in [3.05, 3.63) is 132 Å². The fourth-order valence-electron chi connectivity index (χ4n) is 12.8. The van der Waals surface area contributed by atoms with Crippen LogP contribution in [-0.2, 0) is 47.7 Å². The number of benzene rings is 3. The van der Waals surface area contributed by atoms with Gasteiger partial charge in [0.25, 0.3) is 35.4 Å². The average Bonchev–Trinajstić information content (AvgIpc) is 1.62. The van der Waals surface area contributed by atoms with E-state index in [0.717, 1.165) is 61.2 Å². The normalized spacial score (nSPS) is 12.6. The topological polar surface area (TPSA) is 459 Å². The van der Waals surface area contributed by atoms with Crippen LogP contribution in [-0.4, -0.2) is 187 Å². The van der Waals surface area contributed by atoms with Gasteiger partial charge in [-0.15, -0.1) is 30.7 Å². The van der Waals surface area contributed by atoms with Crippen LogP contribution >= 0.6 is 47.8 Å². The maximum Gasteiger partial charge on any atom is 0.262 e. The Balaban J connectivity index is 0.000000243. The summed E-state index contributed by atoms with van der Waals surface area (Å²) < 4.78 is 31.9. The zero-order valence-electron chi connectivity index (χ0n) is 67.3. The number of rotatable bonds is 39. The third-order valence-electron chi connectivity index (χ3n) is 18.9. The van der Waals surface area contributed by atoms with Crippen molar-refractivity contribution in [2.45, 2.75) is 119 Å². The van der Waals surface area contributed by atoms with Crippen LogP contribution in [0.3, 0.4) is 0 Å².